The molecule has 0 radical (unpaired) electrons. The quantitative estimate of drug-likeness (QED) is 0.688. The first-order valence-corrected chi connectivity index (χ1v) is 9.80. The number of carbonyl (C=O) groups excluding carboxylic acids is 1. The molecule has 0 bridgehead atoms. The molecule has 0 saturated carbocycles. The molecule has 1 aliphatic heterocycles. The van der Waals surface area contributed by atoms with Crippen molar-refractivity contribution in [3.63, 3.8) is 0 Å². The third-order valence-corrected chi connectivity index (χ3v) is 5.15. The molecule has 3 heterocycles. The summed E-state index contributed by atoms with van der Waals surface area (Å²) in [4.78, 5) is 36.4. The van der Waals surface area contributed by atoms with Gasteiger partial charge in [-0.05, 0) is 24.1 Å². The highest BCUT2D eigenvalue weighted by Crippen LogP contribution is 2.31. The van der Waals surface area contributed by atoms with Gasteiger partial charge in [-0.25, -0.2) is 4.98 Å². The monoisotopic (exact) mass is 388 g/mol. The van der Waals surface area contributed by atoms with Crippen LogP contribution >= 0.6 is 0 Å². The third-order valence-electron chi connectivity index (χ3n) is 5.15. The van der Waals surface area contributed by atoms with E-state index in [-0.39, 0.29) is 16.9 Å². The summed E-state index contributed by atoms with van der Waals surface area (Å²) in [5.74, 6) is 0.413. The van der Waals surface area contributed by atoms with Gasteiger partial charge in [0.15, 0.2) is 0 Å². The predicted molar refractivity (Wildman–Crippen MR) is 113 cm³/mol. The summed E-state index contributed by atoms with van der Waals surface area (Å²) in [5, 5.41) is 0. The highest BCUT2D eigenvalue weighted by molar-refractivity contribution is 5.92. The topological polar surface area (TPSA) is 68.1 Å². The minimum atomic E-state index is -0.209. The largest absolute Gasteiger partial charge is 0.281 e. The van der Waals surface area contributed by atoms with Gasteiger partial charge in [-0.15, -0.1) is 0 Å². The Kier molecular flexibility index (Phi) is 5.01. The van der Waals surface area contributed by atoms with Crippen molar-refractivity contribution >= 4 is 11.9 Å². The highest BCUT2D eigenvalue weighted by Gasteiger charge is 2.35. The second-order valence-electron chi connectivity index (χ2n) is 8.23. The third kappa shape index (κ3) is 4.11. The number of aryl methyl sites for hydroxylation is 1. The van der Waals surface area contributed by atoms with Crippen molar-refractivity contribution in [1.82, 2.24) is 14.5 Å². The fraction of sp³-hybridized carbons (Fsp3) is 0.304. The Morgan fingerprint density at radius 1 is 1.07 bits per heavy atom. The first kappa shape index (κ1) is 19.1. The summed E-state index contributed by atoms with van der Waals surface area (Å²) in [7, 11) is 0. The molecule has 0 atom stereocenters. The van der Waals surface area contributed by atoms with Crippen LogP contribution in [0.25, 0.3) is 11.3 Å². The summed E-state index contributed by atoms with van der Waals surface area (Å²) in [6.45, 7) is 5.20. The molecular weight excluding hydrogens is 364 g/mol. The number of pyridine rings is 1. The summed E-state index contributed by atoms with van der Waals surface area (Å²) >= 11 is 0. The van der Waals surface area contributed by atoms with Crippen LogP contribution in [0.4, 0.5) is 5.95 Å². The van der Waals surface area contributed by atoms with E-state index in [0.717, 1.165) is 11.1 Å². The van der Waals surface area contributed by atoms with E-state index in [2.05, 4.69) is 18.8 Å². The van der Waals surface area contributed by atoms with Crippen molar-refractivity contribution in [3.05, 3.63) is 76.8 Å². The fourth-order valence-electron chi connectivity index (χ4n) is 3.73. The summed E-state index contributed by atoms with van der Waals surface area (Å²) in [5.41, 5.74) is 2.13. The normalized spacial score (nSPS) is 15.0. The predicted octanol–water partition coefficient (Wildman–Crippen LogP) is 3.31. The van der Waals surface area contributed by atoms with Crippen LogP contribution in [0.15, 0.2) is 65.7 Å². The van der Waals surface area contributed by atoms with E-state index >= 15 is 0 Å². The maximum absolute atomic E-state index is 13.1. The molecule has 0 aliphatic carbocycles. The van der Waals surface area contributed by atoms with E-state index in [1.54, 1.807) is 21.9 Å². The number of hydrogen-bond donors (Lipinski definition) is 0. The van der Waals surface area contributed by atoms with Gasteiger partial charge in [0, 0.05) is 48.9 Å². The molecule has 1 amide bonds. The molecule has 148 valence electrons. The lowest BCUT2D eigenvalue weighted by atomic mass is 9.90. The van der Waals surface area contributed by atoms with Gasteiger partial charge < -0.3 is 0 Å². The number of amides is 1. The van der Waals surface area contributed by atoms with Crippen molar-refractivity contribution in [1.29, 1.82) is 0 Å². The molecule has 29 heavy (non-hydrogen) atoms. The number of rotatable bonds is 4. The van der Waals surface area contributed by atoms with Gasteiger partial charge in [0.1, 0.15) is 0 Å². The number of carbonyl (C=O) groups is 1. The van der Waals surface area contributed by atoms with Crippen LogP contribution in [0.1, 0.15) is 25.8 Å². The summed E-state index contributed by atoms with van der Waals surface area (Å²) < 4.78 is 1.62. The summed E-state index contributed by atoms with van der Waals surface area (Å²) in [6, 6.07) is 15.1. The molecule has 6 heteroatoms. The Bertz CT molecular complexity index is 1080. The molecule has 0 saturated heterocycles. The van der Waals surface area contributed by atoms with E-state index in [9.17, 15) is 9.59 Å². The summed E-state index contributed by atoms with van der Waals surface area (Å²) in [6.07, 6.45) is 4.36. The van der Waals surface area contributed by atoms with E-state index in [1.165, 1.54) is 6.07 Å². The molecule has 0 N–H and O–H groups in total. The maximum Gasteiger partial charge on any atom is 0.255 e. The highest BCUT2D eigenvalue weighted by atomic mass is 16.2. The Hall–Kier alpha value is -3.28. The number of nitrogens with zero attached hydrogens (tertiary/aromatic N) is 4. The Balaban J connectivity index is 1.69. The standard InChI is InChI=1S/C23H24N4O2/c1-23(2)15-26(20(28)9-8-17-6-4-3-5-7-17)22-25-19(14-21(29)27(22)16-23)18-10-12-24-13-11-18/h3-7,10-14H,8-9,15-16H2,1-2H3. The van der Waals surface area contributed by atoms with Crippen molar-refractivity contribution < 1.29 is 4.79 Å². The van der Waals surface area contributed by atoms with Gasteiger partial charge in [-0.3, -0.25) is 24.0 Å². The van der Waals surface area contributed by atoms with E-state index < -0.39 is 0 Å². The van der Waals surface area contributed by atoms with Gasteiger partial charge in [-0.2, -0.15) is 0 Å². The zero-order chi connectivity index (χ0) is 20.4. The first-order valence-electron chi connectivity index (χ1n) is 9.80. The average Bonchev–Trinajstić information content (AvgIpc) is 2.73. The van der Waals surface area contributed by atoms with Gasteiger partial charge in [0.2, 0.25) is 11.9 Å². The van der Waals surface area contributed by atoms with Gasteiger partial charge in [0.25, 0.3) is 5.56 Å². The van der Waals surface area contributed by atoms with Crippen LogP contribution in [-0.2, 0) is 17.8 Å². The van der Waals surface area contributed by atoms with Crippen LogP contribution in [0.2, 0.25) is 0 Å². The number of aromatic nitrogens is 3. The van der Waals surface area contributed by atoms with E-state index in [1.807, 2.05) is 42.5 Å². The van der Waals surface area contributed by atoms with Crippen molar-refractivity contribution in [2.24, 2.45) is 5.41 Å². The van der Waals surface area contributed by atoms with Crippen LogP contribution in [-0.4, -0.2) is 27.0 Å². The van der Waals surface area contributed by atoms with Crippen molar-refractivity contribution in [2.75, 3.05) is 11.4 Å². The lowest BCUT2D eigenvalue weighted by Crippen LogP contribution is -2.50. The zero-order valence-electron chi connectivity index (χ0n) is 16.7. The molecule has 3 aromatic rings. The van der Waals surface area contributed by atoms with Crippen molar-refractivity contribution in [3.8, 4) is 11.3 Å². The second-order valence-corrected chi connectivity index (χ2v) is 8.23. The average molecular weight is 388 g/mol. The van der Waals surface area contributed by atoms with E-state index in [0.29, 0.717) is 37.6 Å². The van der Waals surface area contributed by atoms with Gasteiger partial charge in [-0.1, -0.05) is 44.2 Å². The van der Waals surface area contributed by atoms with Crippen molar-refractivity contribution in [2.45, 2.75) is 33.2 Å². The zero-order valence-corrected chi connectivity index (χ0v) is 16.7. The Labute approximate surface area is 169 Å². The molecular formula is C23H24N4O2. The number of hydrogen-bond acceptors (Lipinski definition) is 4. The molecule has 1 aromatic carbocycles. The molecule has 2 aromatic heterocycles. The van der Waals surface area contributed by atoms with E-state index in [4.69, 9.17) is 4.98 Å². The van der Waals surface area contributed by atoms with Crippen LogP contribution in [0, 0.1) is 5.41 Å². The number of anilines is 1. The maximum atomic E-state index is 13.1. The van der Waals surface area contributed by atoms with Crippen LogP contribution < -0.4 is 10.5 Å². The molecule has 4 rings (SSSR count). The Morgan fingerprint density at radius 3 is 2.52 bits per heavy atom. The molecule has 0 unspecified atom stereocenters. The lowest BCUT2D eigenvalue weighted by molar-refractivity contribution is -0.119. The number of fused-ring (bicyclic) bond motifs is 1. The minimum absolute atomic E-state index is 0.0193. The molecule has 0 fully saturated rings. The Morgan fingerprint density at radius 2 is 1.79 bits per heavy atom. The second kappa shape index (κ2) is 7.62. The van der Waals surface area contributed by atoms with Crippen LogP contribution in [0.3, 0.4) is 0 Å². The minimum Gasteiger partial charge on any atom is -0.281 e. The first-order chi connectivity index (χ1) is 13.9. The smallest absolute Gasteiger partial charge is 0.255 e. The number of benzene rings is 1. The molecule has 0 spiro atoms. The fourth-order valence-corrected chi connectivity index (χ4v) is 3.73. The van der Waals surface area contributed by atoms with Crippen LogP contribution in [0.5, 0.6) is 0 Å². The SMILES string of the molecule is CC1(C)CN(C(=O)CCc2ccccc2)c2nc(-c3ccncc3)cc(=O)n2C1. The van der Waals surface area contributed by atoms with Gasteiger partial charge >= 0.3 is 0 Å². The molecule has 6 nitrogen and oxygen atoms in total. The van der Waals surface area contributed by atoms with Gasteiger partial charge in [0.05, 0.1) is 5.69 Å². The molecule has 1 aliphatic rings. The lowest BCUT2D eigenvalue weighted by Gasteiger charge is -2.39.